The summed E-state index contributed by atoms with van der Waals surface area (Å²) in [6.07, 6.45) is 6.19. The van der Waals surface area contributed by atoms with Crippen molar-refractivity contribution in [2.45, 2.75) is 31.8 Å². The largest absolute Gasteiger partial charge is 0.368 e. The maximum absolute atomic E-state index is 11.5. The molecule has 2 rings (SSSR count). The molecule has 1 heterocycles. The number of ether oxygens (including phenoxy) is 1. The summed E-state index contributed by atoms with van der Waals surface area (Å²) in [4.78, 5) is 25.6. The number of hydrazine groups is 1. The van der Waals surface area contributed by atoms with Crippen molar-refractivity contribution in [1.82, 2.24) is 15.8 Å². The third-order valence-corrected chi connectivity index (χ3v) is 2.91. The van der Waals surface area contributed by atoms with Crippen LogP contribution in [0, 0.1) is 0 Å². The molecule has 1 saturated carbocycles. The van der Waals surface area contributed by atoms with E-state index in [9.17, 15) is 9.59 Å². The molecular formula is C12H17N3O3. The van der Waals surface area contributed by atoms with E-state index in [0.717, 1.165) is 25.7 Å². The normalized spacial score (nSPS) is 15.6. The maximum atomic E-state index is 11.5. The molecule has 0 aliphatic heterocycles. The minimum absolute atomic E-state index is 0.0182. The van der Waals surface area contributed by atoms with Gasteiger partial charge in [-0.05, 0) is 25.0 Å². The Morgan fingerprint density at radius 2 is 2.11 bits per heavy atom. The molecule has 1 fully saturated rings. The SMILES string of the molecule is O=C(COC1CCCC1)NNC(=O)c1ccc[nH]1. The van der Waals surface area contributed by atoms with E-state index in [1.807, 2.05) is 0 Å². The summed E-state index contributed by atoms with van der Waals surface area (Å²) < 4.78 is 5.42. The Morgan fingerprint density at radius 1 is 1.33 bits per heavy atom. The van der Waals surface area contributed by atoms with Gasteiger partial charge in [0.15, 0.2) is 0 Å². The molecule has 1 aliphatic carbocycles. The Morgan fingerprint density at radius 3 is 2.78 bits per heavy atom. The summed E-state index contributed by atoms with van der Waals surface area (Å²) in [5.74, 6) is -0.726. The fraction of sp³-hybridized carbons (Fsp3) is 0.500. The summed E-state index contributed by atoms with van der Waals surface area (Å²) in [7, 11) is 0. The van der Waals surface area contributed by atoms with Crippen LogP contribution in [0.5, 0.6) is 0 Å². The van der Waals surface area contributed by atoms with Gasteiger partial charge in [-0.25, -0.2) is 0 Å². The van der Waals surface area contributed by atoms with Crippen LogP contribution in [-0.2, 0) is 9.53 Å². The van der Waals surface area contributed by atoms with Crippen molar-refractivity contribution in [3.63, 3.8) is 0 Å². The second-order valence-electron chi connectivity index (χ2n) is 4.30. The van der Waals surface area contributed by atoms with Gasteiger partial charge in [0.2, 0.25) is 0 Å². The van der Waals surface area contributed by atoms with Gasteiger partial charge in [-0.15, -0.1) is 0 Å². The monoisotopic (exact) mass is 251 g/mol. The van der Waals surface area contributed by atoms with Crippen LogP contribution in [0.25, 0.3) is 0 Å². The molecular weight excluding hydrogens is 234 g/mol. The van der Waals surface area contributed by atoms with Crippen LogP contribution in [0.4, 0.5) is 0 Å². The Hall–Kier alpha value is -1.82. The van der Waals surface area contributed by atoms with Crippen LogP contribution in [0.15, 0.2) is 18.3 Å². The highest BCUT2D eigenvalue weighted by Gasteiger charge is 2.16. The lowest BCUT2D eigenvalue weighted by molar-refractivity contribution is -0.128. The minimum Gasteiger partial charge on any atom is -0.368 e. The number of rotatable bonds is 4. The third-order valence-electron chi connectivity index (χ3n) is 2.91. The van der Waals surface area contributed by atoms with Gasteiger partial charge in [-0.3, -0.25) is 20.4 Å². The molecule has 6 nitrogen and oxygen atoms in total. The molecule has 1 aromatic rings. The van der Waals surface area contributed by atoms with E-state index in [-0.39, 0.29) is 24.5 Å². The number of hydrogen-bond donors (Lipinski definition) is 3. The zero-order valence-corrected chi connectivity index (χ0v) is 10.1. The van der Waals surface area contributed by atoms with Crippen molar-refractivity contribution in [3.05, 3.63) is 24.0 Å². The van der Waals surface area contributed by atoms with Crippen LogP contribution in [0.3, 0.4) is 0 Å². The Bertz CT molecular complexity index is 397. The van der Waals surface area contributed by atoms with E-state index < -0.39 is 0 Å². The van der Waals surface area contributed by atoms with E-state index in [0.29, 0.717) is 5.69 Å². The molecule has 98 valence electrons. The van der Waals surface area contributed by atoms with Gasteiger partial charge in [-0.2, -0.15) is 0 Å². The molecule has 6 heteroatoms. The molecule has 3 N–H and O–H groups in total. The fourth-order valence-corrected chi connectivity index (χ4v) is 1.95. The first-order chi connectivity index (χ1) is 8.75. The van der Waals surface area contributed by atoms with Crippen molar-refractivity contribution in [2.75, 3.05) is 6.61 Å². The van der Waals surface area contributed by atoms with Gasteiger partial charge < -0.3 is 9.72 Å². The van der Waals surface area contributed by atoms with Gasteiger partial charge in [0, 0.05) is 6.20 Å². The number of nitrogens with one attached hydrogen (secondary N) is 3. The summed E-state index contributed by atoms with van der Waals surface area (Å²) >= 11 is 0. The first-order valence-corrected chi connectivity index (χ1v) is 6.10. The predicted molar refractivity (Wildman–Crippen MR) is 64.6 cm³/mol. The number of carbonyl (C=O) groups is 2. The van der Waals surface area contributed by atoms with Gasteiger partial charge in [-0.1, -0.05) is 12.8 Å². The lowest BCUT2D eigenvalue weighted by atomic mass is 10.3. The highest BCUT2D eigenvalue weighted by atomic mass is 16.5. The first-order valence-electron chi connectivity index (χ1n) is 6.10. The van der Waals surface area contributed by atoms with Crippen molar-refractivity contribution in [1.29, 1.82) is 0 Å². The van der Waals surface area contributed by atoms with E-state index in [2.05, 4.69) is 15.8 Å². The van der Waals surface area contributed by atoms with Crippen LogP contribution in [-0.4, -0.2) is 29.5 Å². The molecule has 0 bridgehead atoms. The van der Waals surface area contributed by atoms with Crippen molar-refractivity contribution in [3.8, 4) is 0 Å². The van der Waals surface area contributed by atoms with E-state index >= 15 is 0 Å². The number of amides is 2. The van der Waals surface area contributed by atoms with Gasteiger partial charge >= 0.3 is 0 Å². The molecule has 0 saturated heterocycles. The first kappa shape index (κ1) is 12.6. The second kappa shape index (κ2) is 6.20. The molecule has 0 atom stereocenters. The molecule has 0 aromatic carbocycles. The number of aromatic nitrogens is 1. The van der Waals surface area contributed by atoms with Crippen LogP contribution in [0.2, 0.25) is 0 Å². The lowest BCUT2D eigenvalue weighted by Crippen LogP contribution is -2.43. The molecule has 0 radical (unpaired) electrons. The van der Waals surface area contributed by atoms with Crippen LogP contribution >= 0.6 is 0 Å². The molecule has 0 spiro atoms. The maximum Gasteiger partial charge on any atom is 0.286 e. The number of H-pyrrole nitrogens is 1. The summed E-state index contributed by atoms with van der Waals surface area (Å²) in [5.41, 5.74) is 5.02. The molecule has 18 heavy (non-hydrogen) atoms. The smallest absolute Gasteiger partial charge is 0.286 e. The topological polar surface area (TPSA) is 83.2 Å². The quantitative estimate of drug-likeness (QED) is 0.690. The number of carbonyl (C=O) groups excluding carboxylic acids is 2. The van der Waals surface area contributed by atoms with E-state index in [4.69, 9.17) is 4.74 Å². The zero-order valence-electron chi connectivity index (χ0n) is 10.1. The highest BCUT2D eigenvalue weighted by molar-refractivity contribution is 5.93. The predicted octanol–water partition coefficient (Wildman–Crippen LogP) is 0.735. The summed E-state index contributed by atoms with van der Waals surface area (Å²) in [5, 5.41) is 0. The van der Waals surface area contributed by atoms with E-state index in [1.54, 1.807) is 18.3 Å². The standard InChI is InChI=1S/C12H17N3O3/c16-11(8-18-9-4-1-2-5-9)14-15-12(17)10-6-3-7-13-10/h3,6-7,9,13H,1-2,4-5,8H2,(H,14,16)(H,15,17). The average molecular weight is 251 g/mol. The molecule has 1 aliphatic rings. The molecule has 0 unspecified atom stereocenters. The highest BCUT2D eigenvalue weighted by Crippen LogP contribution is 2.20. The molecule has 1 aromatic heterocycles. The summed E-state index contributed by atoms with van der Waals surface area (Å²) in [6, 6.07) is 3.33. The van der Waals surface area contributed by atoms with E-state index in [1.165, 1.54) is 0 Å². The fourth-order valence-electron chi connectivity index (χ4n) is 1.95. The Labute approximate surface area is 105 Å². The number of aromatic amines is 1. The zero-order chi connectivity index (χ0) is 12.8. The van der Waals surface area contributed by atoms with Crippen molar-refractivity contribution >= 4 is 11.8 Å². The lowest BCUT2D eigenvalue weighted by Gasteiger charge is -2.11. The van der Waals surface area contributed by atoms with Crippen molar-refractivity contribution < 1.29 is 14.3 Å². The van der Waals surface area contributed by atoms with Crippen molar-refractivity contribution in [2.24, 2.45) is 0 Å². The van der Waals surface area contributed by atoms with Gasteiger partial charge in [0.1, 0.15) is 12.3 Å². The van der Waals surface area contributed by atoms with Gasteiger partial charge in [0.05, 0.1) is 6.10 Å². The van der Waals surface area contributed by atoms with Crippen LogP contribution in [0.1, 0.15) is 36.2 Å². The Balaban J connectivity index is 1.63. The Kier molecular flexibility index (Phi) is 4.35. The third kappa shape index (κ3) is 3.59. The van der Waals surface area contributed by atoms with Gasteiger partial charge in [0.25, 0.3) is 11.8 Å². The molecule has 2 amide bonds. The average Bonchev–Trinajstić information content (AvgIpc) is 3.05. The summed E-state index contributed by atoms with van der Waals surface area (Å²) in [6.45, 7) is -0.0182. The second-order valence-corrected chi connectivity index (χ2v) is 4.30. The minimum atomic E-state index is -0.380. The van der Waals surface area contributed by atoms with Crippen LogP contribution < -0.4 is 10.9 Å². The number of hydrogen-bond acceptors (Lipinski definition) is 3.